The average Bonchev–Trinajstić information content (AvgIpc) is 3.20. The first-order valence-corrected chi connectivity index (χ1v) is 9.61. The van der Waals surface area contributed by atoms with Gasteiger partial charge in [-0.15, -0.1) is 0 Å². The minimum absolute atomic E-state index is 0.00861. The molecule has 1 amide bonds. The van der Waals surface area contributed by atoms with Crippen LogP contribution in [-0.4, -0.2) is 39.6 Å². The van der Waals surface area contributed by atoms with Gasteiger partial charge in [-0.2, -0.15) is 5.26 Å². The molecule has 3 N–H and O–H groups in total. The Morgan fingerprint density at radius 1 is 1.25 bits per heavy atom. The third-order valence-corrected chi connectivity index (χ3v) is 8.97. The Morgan fingerprint density at radius 2 is 2.08 bits per heavy atom. The standard InChI is InChI=1S/C19H25N3O2/c20-7-13-2-11-3-14(11)22(13)16(23)15(21)17-4-10-1-12-6-18(5-10,8-17)19(12,24)9-17/h10-15,24H,1-6,8-9,21H2. The molecule has 6 aliphatic carbocycles. The van der Waals surface area contributed by atoms with Gasteiger partial charge < -0.3 is 15.7 Å². The van der Waals surface area contributed by atoms with E-state index in [0.717, 1.165) is 44.9 Å². The number of amides is 1. The lowest BCUT2D eigenvalue weighted by Crippen LogP contribution is -2.65. The second-order valence-electron chi connectivity index (χ2n) is 10.00. The molecule has 0 aromatic rings. The Kier molecular flexibility index (Phi) is 2.25. The first-order chi connectivity index (χ1) is 11.4. The van der Waals surface area contributed by atoms with E-state index in [1.807, 2.05) is 4.90 Å². The van der Waals surface area contributed by atoms with Gasteiger partial charge in [0.15, 0.2) is 0 Å². The maximum Gasteiger partial charge on any atom is 0.241 e. The molecular weight excluding hydrogens is 302 g/mol. The molecule has 7 aliphatic rings. The van der Waals surface area contributed by atoms with Crippen LogP contribution in [0.1, 0.15) is 51.4 Å². The molecule has 0 radical (unpaired) electrons. The summed E-state index contributed by atoms with van der Waals surface area (Å²) in [5.74, 6) is 1.59. The van der Waals surface area contributed by atoms with Gasteiger partial charge in [0.2, 0.25) is 5.91 Å². The number of nitrogens with two attached hydrogens (primary N) is 1. The highest BCUT2D eigenvalue weighted by Crippen LogP contribution is 2.80. The fraction of sp³-hybridized carbons (Fsp3) is 0.895. The van der Waals surface area contributed by atoms with E-state index < -0.39 is 11.6 Å². The van der Waals surface area contributed by atoms with Crippen molar-refractivity contribution in [3.05, 3.63) is 0 Å². The summed E-state index contributed by atoms with van der Waals surface area (Å²) in [4.78, 5) is 15.1. The van der Waals surface area contributed by atoms with Crippen LogP contribution in [0.3, 0.4) is 0 Å². The number of piperidine rings is 1. The van der Waals surface area contributed by atoms with E-state index in [-0.39, 0.29) is 28.8 Å². The summed E-state index contributed by atoms with van der Waals surface area (Å²) in [5, 5.41) is 20.7. The van der Waals surface area contributed by atoms with E-state index in [1.165, 1.54) is 0 Å². The summed E-state index contributed by atoms with van der Waals surface area (Å²) < 4.78 is 0. The Bertz CT molecular complexity index is 701. The Balaban J connectivity index is 1.34. The molecule has 5 nitrogen and oxygen atoms in total. The largest absolute Gasteiger partial charge is 0.389 e. The molecule has 1 spiro atoms. The van der Waals surface area contributed by atoms with Crippen molar-refractivity contribution in [2.45, 2.75) is 75.1 Å². The summed E-state index contributed by atoms with van der Waals surface area (Å²) in [6, 6.07) is 1.75. The van der Waals surface area contributed by atoms with Crippen molar-refractivity contribution in [3.8, 4) is 6.07 Å². The van der Waals surface area contributed by atoms with E-state index in [0.29, 0.717) is 24.2 Å². The van der Waals surface area contributed by atoms with Crippen LogP contribution >= 0.6 is 0 Å². The van der Waals surface area contributed by atoms with E-state index in [1.54, 1.807) is 0 Å². The Hall–Kier alpha value is -1.12. The molecule has 9 unspecified atom stereocenters. The summed E-state index contributed by atoms with van der Waals surface area (Å²) in [7, 11) is 0. The third-order valence-electron chi connectivity index (χ3n) is 8.97. The van der Waals surface area contributed by atoms with Gasteiger partial charge in [-0.3, -0.25) is 4.79 Å². The van der Waals surface area contributed by atoms with Crippen molar-refractivity contribution >= 4 is 5.91 Å². The maximum atomic E-state index is 13.3. The fourth-order valence-electron chi connectivity index (χ4n) is 8.13. The zero-order valence-electron chi connectivity index (χ0n) is 13.9. The van der Waals surface area contributed by atoms with Gasteiger partial charge in [0, 0.05) is 11.5 Å². The van der Waals surface area contributed by atoms with Crippen LogP contribution in [0.2, 0.25) is 0 Å². The van der Waals surface area contributed by atoms with Gasteiger partial charge >= 0.3 is 0 Å². The lowest BCUT2D eigenvalue weighted by atomic mass is 9.42. The number of fused-ring (bicyclic) bond motifs is 2. The Labute approximate surface area is 142 Å². The number of carbonyl (C=O) groups excluding carboxylic acids is 1. The fourth-order valence-corrected chi connectivity index (χ4v) is 8.13. The molecule has 7 rings (SSSR count). The van der Waals surface area contributed by atoms with Gasteiger partial charge in [-0.25, -0.2) is 0 Å². The molecule has 9 atom stereocenters. The number of nitriles is 1. The molecule has 128 valence electrons. The van der Waals surface area contributed by atoms with Crippen molar-refractivity contribution in [3.63, 3.8) is 0 Å². The van der Waals surface area contributed by atoms with Crippen LogP contribution in [0.5, 0.6) is 0 Å². The van der Waals surface area contributed by atoms with Crippen molar-refractivity contribution in [2.75, 3.05) is 0 Å². The number of aliphatic hydroxyl groups is 1. The highest BCUT2D eigenvalue weighted by molar-refractivity contribution is 5.84. The number of hydrogen-bond acceptors (Lipinski definition) is 4. The van der Waals surface area contributed by atoms with Crippen molar-refractivity contribution in [1.29, 1.82) is 5.26 Å². The third kappa shape index (κ3) is 1.33. The van der Waals surface area contributed by atoms with Crippen LogP contribution in [0, 0.1) is 39.9 Å². The normalized spacial score (nSPS) is 59.5. The number of rotatable bonds is 2. The van der Waals surface area contributed by atoms with Crippen LogP contribution in [0.25, 0.3) is 0 Å². The van der Waals surface area contributed by atoms with E-state index in [4.69, 9.17) is 5.73 Å². The number of likely N-dealkylation sites (tertiary alicyclic amines) is 1. The molecule has 5 heteroatoms. The summed E-state index contributed by atoms with van der Waals surface area (Å²) in [6.07, 6.45) is 7.90. The lowest BCUT2D eigenvalue weighted by Gasteiger charge is -2.65. The maximum absolute atomic E-state index is 13.3. The van der Waals surface area contributed by atoms with Gasteiger partial charge in [-0.1, -0.05) is 0 Å². The highest BCUT2D eigenvalue weighted by Gasteiger charge is 2.79. The quantitative estimate of drug-likeness (QED) is 0.796. The second-order valence-corrected chi connectivity index (χ2v) is 10.00. The average molecular weight is 327 g/mol. The lowest BCUT2D eigenvalue weighted by molar-refractivity contribution is -0.237. The molecule has 6 saturated carbocycles. The van der Waals surface area contributed by atoms with Gasteiger partial charge in [0.1, 0.15) is 6.04 Å². The van der Waals surface area contributed by atoms with Gasteiger partial charge in [0.05, 0.1) is 17.7 Å². The van der Waals surface area contributed by atoms with E-state index in [9.17, 15) is 15.2 Å². The van der Waals surface area contributed by atoms with Crippen molar-refractivity contribution < 1.29 is 9.90 Å². The van der Waals surface area contributed by atoms with Crippen molar-refractivity contribution in [2.24, 2.45) is 34.3 Å². The minimum Gasteiger partial charge on any atom is -0.389 e. The molecule has 7 fully saturated rings. The molecule has 24 heavy (non-hydrogen) atoms. The van der Waals surface area contributed by atoms with Gasteiger partial charge in [0.25, 0.3) is 0 Å². The number of hydrogen-bond donors (Lipinski definition) is 2. The molecule has 0 aromatic heterocycles. The highest BCUT2D eigenvalue weighted by atomic mass is 16.3. The smallest absolute Gasteiger partial charge is 0.241 e. The van der Waals surface area contributed by atoms with Crippen LogP contribution in [0.4, 0.5) is 0 Å². The Morgan fingerprint density at radius 3 is 2.88 bits per heavy atom. The van der Waals surface area contributed by atoms with E-state index in [2.05, 4.69) is 6.07 Å². The number of carbonyl (C=O) groups is 1. The molecule has 1 heterocycles. The molecular formula is C19H25N3O2. The summed E-state index contributed by atoms with van der Waals surface area (Å²) >= 11 is 0. The zero-order valence-corrected chi connectivity index (χ0v) is 13.9. The first kappa shape index (κ1) is 14.1. The minimum atomic E-state index is -0.556. The van der Waals surface area contributed by atoms with Crippen LogP contribution in [0.15, 0.2) is 0 Å². The zero-order chi connectivity index (χ0) is 16.5. The molecule has 1 aliphatic heterocycles. The molecule has 4 bridgehead atoms. The van der Waals surface area contributed by atoms with Crippen LogP contribution < -0.4 is 5.73 Å². The van der Waals surface area contributed by atoms with Crippen LogP contribution in [-0.2, 0) is 4.79 Å². The van der Waals surface area contributed by atoms with Crippen molar-refractivity contribution in [1.82, 2.24) is 4.90 Å². The molecule has 1 saturated heterocycles. The number of nitrogens with zero attached hydrogens (tertiary/aromatic N) is 2. The summed E-state index contributed by atoms with van der Waals surface area (Å²) in [6.45, 7) is 0. The first-order valence-electron chi connectivity index (χ1n) is 9.61. The topological polar surface area (TPSA) is 90.4 Å². The van der Waals surface area contributed by atoms with Gasteiger partial charge in [-0.05, 0) is 74.5 Å². The van der Waals surface area contributed by atoms with E-state index >= 15 is 0 Å². The predicted octanol–water partition coefficient (Wildman–Crippen LogP) is 1.16. The second kappa shape index (κ2) is 3.83. The SMILES string of the molecule is N#CC1CC2CC2N1C(=O)C(N)C12CC3CC4CC(C3)(C1)C4(O)C2. The summed E-state index contributed by atoms with van der Waals surface area (Å²) in [5.41, 5.74) is 5.89. The predicted molar refractivity (Wildman–Crippen MR) is 85.2 cm³/mol. The molecule has 0 aromatic carbocycles. The monoisotopic (exact) mass is 327 g/mol.